The molecule has 0 amide bonds. The van der Waals surface area contributed by atoms with Gasteiger partial charge in [0.1, 0.15) is 0 Å². The van der Waals surface area contributed by atoms with Crippen LogP contribution in [-0.4, -0.2) is 30.1 Å². The van der Waals surface area contributed by atoms with Gasteiger partial charge in [-0.1, -0.05) is 6.58 Å². The maximum atomic E-state index is 12.5. The molecule has 0 saturated carbocycles. The van der Waals surface area contributed by atoms with Gasteiger partial charge in [0.25, 0.3) is 0 Å². The first-order valence-electron chi connectivity index (χ1n) is 3.68. The minimum Gasteiger partial charge on any atom is -0.203 e. The summed E-state index contributed by atoms with van der Waals surface area (Å²) in [4.78, 5) is 0. The van der Waals surface area contributed by atoms with Crippen molar-refractivity contribution in [3.63, 3.8) is 0 Å². The molecule has 102 valence electrons. The average Bonchev–Trinajstić information content (AvgIpc) is 2.16. The molecule has 0 heterocycles. The SMILES string of the molecule is C=CC(F)(F)C(F)(F)C(F)(F)C(F)(F)C(F)F. The largest absolute Gasteiger partial charge is 0.384 e. The van der Waals surface area contributed by atoms with Crippen LogP contribution in [0.1, 0.15) is 0 Å². The second-order valence-corrected chi connectivity index (χ2v) is 2.90. The third-order valence-corrected chi connectivity index (χ3v) is 1.76. The number of rotatable bonds is 5. The van der Waals surface area contributed by atoms with E-state index in [0.717, 1.165) is 0 Å². The quantitative estimate of drug-likeness (QED) is 0.527. The molecule has 0 aromatic rings. The lowest BCUT2D eigenvalue weighted by molar-refractivity contribution is -0.374. The topological polar surface area (TPSA) is 0 Å². The van der Waals surface area contributed by atoms with Gasteiger partial charge in [-0.15, -0.1) is 0 Å². The van der Waals surface area contributed by atoms with Crippen molar-refractivity contribution < 1.29 is 43.9 Å². The molecule has 0 saturated heterocycles. The van der Waals surface area contributed by atoms with E-state index in [2.05, 4.69) is 0 Å². The van der Waals surface area contributed by atoms with E-state index in [1.165, 1.54) is 0 Å². The third-order valence-electron chi connectivity index (χ3n) is 1.76. The summed E-state index contributed by atoms with van der Waals surface area (Å²) in [5.74, 6) is -26.0. The summed E-state index contributed by atoms with van der Waals surface area (Å²) in [7, 11) is 0. The Bertz CT molecular complexity index is 291. The molecule has 0 spiro atoms. The monoisotopic (exact) mass is 278 g/mol. The Balaban J connectivity index is 5.68. The van der Waals surface area contributed by atoms with Crippen LogP contribution in [0, 0.1) is 0 Å². The fourth-order valence-corrected chi connectivity index (χ4v) is 0.684. The van der Waals surface area contributed by atoms with Crippen molar-refractivity contribution in [2.24, 2.45) is 0 Å². The summed E-state index contributed by atoms with van der Waals surface area (Å²) >= 11 is 0. The Morgan fingerprint density at radius 2 is 1.12 bits per heavy atom. The van der Waals surface area contributed by atoms with Crippen molar-refractivity contribution in [3.8, 4) is 0 Å². The van der Waals surface area contributed by atoms with E-state index in [1.54, 1.807) is 0 Å². The molecule has 0 aromatic heterocycles. The van der Waals surface area contributed by atoms with Crippen LogP contribution >= 0.6 is 0 Å². The second kappa shape index (κ2) is 4.05. The highest BCUT2D eigenvalue weighted by Gasteiger charge is 2.82. The van der Waals surface area contributed by atoms with Gasteiger partial charge >= 0.3 is 30.1 Å². The number of alkyl halides is 10. The minimum absolute atomic E-state index is 1.03. The van der Waals surface area contributed by atoms with Crippen LogP contribution in [0.3, 0.4) is 0 Å². The smallest absolute Gasteiger partial charge is 0.203 e. The van der Waals surface area contributed by atoms with E-state index < -0.39 is 36.2 Å². The van der Waals surface area contributed by atoms with Crippen LogP contribution in [-0.2, 0) is 0 Å². The molecule has 0 aliphatic heterocycles. The predicted octanol–water partition coefficient (Wildman–Crippen LogP) is 3.98. The van der Waals surface area contributed by atoms with Gasteiger partial charge in [0.05, 0.1) is 0 Å². The summed E-state index contributed by atoms with van der Waals surface area (Å²) < 4.78 is 122. The molecule has 0 unspecified atom stereocenters. The first-order valence-corrected chi connectivity index (χ1v) is 3.68. The van der Waals surface area contributed by atoms with Crippen LogP contribution in [0.15, 0.2) is 12.7 Å². The van der Waals surface area contributed by atoms with Gasteiger partial charge in [0, 0.05) is 0 Å². The van der Waals surface area contributed by atoms with E-state index in [0.29, 0.717) is 0 Å². The van der Waals surface area contributed by atoms with Gasteiger partial charge in [-0.3, -0.25) is 0 Å². The summed E-state index contributed by atoms with van der Waals surface area (Å²) in [5.41, 5.74) is 0. The van der Waals surface area contributed by atoms with E-state index in [-0.39, 0.29) is 0 Å². The Morgan fingerprint density at radius 3 is 1.35 bits per heavy atom. The van der Waals surface area contributed by atoms with Gasteiger partial charge in [-0.2, -0.15) is 35.1 Å². The Morgan fingerprint density at radius 1 is 0.765 bits per heavy atom. The molecule has 0 N–H and O–H groups in total. The van der Waals surface area contributed by atoms with E-state index in [1.807, 2.05) is 6.58 Å². The second-order valence-electron chi connectivity index (χ2n) is 2.90. The highest BCUT2D eigenvalue weighted by Crippen LogP contribution is 2.54. The maximum Gasteiger partial charge on any atom is 0.384 e. The van der Waals surface area contributed by atoms with Crippen LogP contribution in [0.2, 0.25) is 0 Å². The van der Waals surface area contributed by atoms with Gasteiger partial charge in [0.2, 0.25) is 0 Å². The molecule has 0 radical (unpaired) electrons. The first kappa shape index (κ1) is 16.0. The molecule has 0 aliphatic carbocycles. The van der Waals surface area contributed by atoms with Crippen molar-refractivity contribution in [2.75, 3.05) is 0 Å². The summed E-state index contributed by atoms with van der Waals surface area (Å²) in [5, 5.41) is 0. The standard InChI is InChI=1S/C7H4F10/c1-2-4(10,11)6(14,15)7(16,17)5(12,13)3(8)9/h2-3H,1H2. The van der Waals surface area contributed by atoms with E-state index >= 15 is 0 Å². The number of allylic oxidation sites excluding steroid dienone is 1. The Hall–Kier alpha value is -0.960. The van der Waals surface area contributed by atoms with Crippen LogP contribution in [0.5, 0.6) is 0 Å². The van der Waals surface area contributed by atoms with Gasteiger partial charge < -0.3 is 0 Å². The molecule has 0 nitrogen and oxygen atoms in total. The molecule has 0 fully saturated rings. The van der Waals surface area contributed by atoms with Crippen molar-refractivity contribution in [1.82, 2.24) is 0 Å². The molecule has 0 aromatic carbocycles. The highest BCUT2D eigenvalue weighted by molar-refractivity contribution is 5.10. The fraction of sp³-hybridized carbons (Fsp3) is 0.714. The lowest BCUT2D eigenvalue weighted by atomic mass is 9.99. The van der Waals surface area contributed by atoms with Crippen LogP contribution in [0.4, 0.5) is 43.9 Å². The molecule has 0 aliphatic rings. The summed E-state index contributed by atoms with van der Waals surface area (Å²) in [6.07, 6.45) is -6.26. The first-order chi connectivity index (χ1) is 7.25. The normalized spacial score (nSPS) is 15.2. The fourth-order valence-electron chi connectivity index (χ4n) is 0.684. The van der Waals surface area contributed by atoms with Crippen molar-refractivity contribution >= 4 is 0 Å². The molecule has 17 heavy (non-hydrogen) atoms. The predicted molar refractivity (Wildman–Crippen MR) is 36.0 cm³/mol. The zero-order valence-corrected chi connectivity index (χ0v) is 7.64. The number of halogens is 10. The lowest BCUT2D eigenvalue weighted by Crippen LogP contribution is -2.63. The molecule has 0 rings (SSSR count). The van der Waals surface area contributed by atoms with Crippen molar-refractivity contribution in [2.45, 2.75) is 30.1 Å². The van der Waals surface area contributed by atoms with Crippen molar-refractivity contribution in [3.05, 3.63) is 12.7 Å². The third kappa shape index (κ3) is 2.08. The summed E-state index contributed by atoms with van der Waals surface area (Å²) in [6.45, 7) is 2.04. The van der Waals surface area contributed by atoms with E-state index in [4.69, 9.17) is 0 Å². The van der Waals surface area contributed by atoms with Crippen LogP contribution in [0.25, 0.3) is 0 Å². The maximum absolute atomic E-state index is 12.5. The lowest BCUT2D eigenvalue weighted by Gasteiger charge is -2.35. The highest BCUT2D eigenvalue weighted by atomic mass is 19.4. The number of hydrogen-bond donors (Lipinski definition) is 0. The van der Waals surface area contributed by atoms with Crippen LogP contribution < -0.4 is 0 Å². The molecular weight excluding hydrogens is 274 g/mol. The van der Waals surface area contributed by atoms with Gasteiger partial charge in [0.15, 0.2) is 0 Å². The average molecular weight is 278 g/mol. The van der Waals surface area contributed by atoms with Gasteiger partial charge in [-0.05, 0) is 6.08 Å². The summed E-state index contributed by atoms with van der Waals surface area (Å²) in [6, 6.07) is 0. The Kier molecular flexibility index (Phi) is 3.83. The zero-order chi connectivity index (χ0) is 14.3. The van der Waals surface area contributed by atoms with Crippen molar-refractivity contribution in [1.29, 1.82) is 0 Å². The van der Waals surface area contributed by atoms with Gasteiger partial charge in [-0.25, -0.2) is 8.78 Å². The molecule has 0 atom stereocenters. The van der Waals surface area contributed by atoms with E-state index in [9.17, 15) is 43.9 Å². The number of hydrogen-bond acceptors (Lipinski definition) is 0. The molecule has 0 bridgehead atoms. The molecule has 10 heteroatoms. The molecular formula is C7H4F10. The zero-order valence-electron chi connectivity index (χ0n) is 7.64. The minimum atomic E-state index is -6.94. The Labute approximate surface area is 87.9 Å².